The second-order valence-corrected chi connectivity index (χ2v) is 4.18. The summed E-state index contributed by atoms with van der Waals surface area (Å²) in [4.78, 5) is 8.04. The molecule has 106 valence electrons. The third-order valence-corrected chi connectivity index (χ3v) is 2.56. The van der Waals surface area contributed by atoms with Crippen molar-refractivity contribution in [3.8, 4) is 5.75 Å². The van der Waals surface area contributed by atoms with Gasteiger partial charge < -0.3 is 10.5 Å². The number of aromatic nitrogens is 2. The van der Waals surface area contributed by atoms with E-state index in [9.17, 15) is 13.2 Å². The van der Waals surface area contributed by atoms with Gasteiger partial charge in [-0.05, 0) is 18.6 Å². The number of hydrogen-bond acceptors (Lipinski definition) is 4. The van der Waals surface area contributed by atoms with Crippen LogP contribution in [0.25, 0.3) is 0 Å². The molecule has 0 spiro atoms. The summed E-state index contributed by atoms with van der Waals surface area (Å²) in [6, 6.07) is 4.78. The van der Waals surface area contributed by atoms with Crippen molar-refractivity contribution in [3.63, 3.8) is 0 Å². The molecule has 2 rings (SSSR count). The van der Waals surface area contributed by atoms with E-state index >= 15 is 0 Å². The van der Waals surface area contributed by atoms with Gasteiger partial charge in [0.2, 0.25) is 0 Å². The number of rotatable bonds is 3. The third kappa shape index (κ3) is 3.45. The molecule has 0 bridgehead atoms. The van der Waals surface area contributed by atoms with Crippen molar-refractivity contribution in [2.75, 3.05) is 0 Å². The molecule has 1 atom stereocenters. The second-order valence-electron chi connectivity index (χ2n) is 4.18. The van der Waals surface area contributed by atoms with Gasteiger partial charge in [-0.2, -0.15) is 0 Å². The SMILES string of the molecule is Cc1cnc(C(N)c2ccccc2OC(F)(F)F)nc1. The topological polar surface area (TPSA) is 61.0 Å². The number of benzene rings is 1. The van der Waals surface area contributed by atoms with Crippen molar-refractivity contribution in [2.45, 2.75) is 19.3 Å². The first-order valence-electron chi connectivity index (χ1n) is 5.75. The molecule has 0 radical (unpaired) electrons. The maximum absolute atomic E-state index is 12.3. The Kier molecular flexibility index (Phi) is 3.89. The highest BCUT2D eigenvalue weighted by atomic mass is 19.4. The Hall–Kier alpha value is -2.15. The fourth-order valence-electron chi connectivity index (χ4n) is 1.66. The minimum atomic E-state index is -4.77. The quantitative estimate of drug-likeness (QED) is 0.940. The molecule has 1 unspecified atom stereocenters. The Morgan fingerprint density at radius 2 is 1.75 bits per heavy atom. The Morgan fingerprint density at radius 1 is 1.15 bits per heavy atom. The number of aryl methyl sites for hydroxylation is 1. The van der Waals surface area contributed by atoms with Gasteiger partial charge in [0.15, 0.2) is 0 Å². The molecule has 4 nitrogen and oxygen atoms in total. The number of hydrogen-bond donors (Lipinski definition) is 1. The molecule has 2 aromatic rings. The fourth-order valence-corrected chi connectivity index (χ4v) is 1.66. The smallest absolute Gasteiger partial charge is 0.405 e. The zero-order chi connectivity index (χ0) is 14.8. The number of nitrogens with zero attached hydrogens (tertiary/aromatic N) is 2. The number of alkyl halides is 3. The van der Waals surface area contributed by atoms with E-state index < -0.39 is 12.4 Å². The van der Waals surface area contributed by atoms with Gasteiger partial charge in [-0.3, -0.25) is 0 Å². The molecule has 0 aliphatic rings. The van der Waals surface area contributed by atoms with E-state index in [-0.39, 0.29) is 17.1 Å². The predicted molar refractivity (Wildman–Crippen MR) is 65.9 cm³/mol. The van der Waals surface area contributed by atoms with Gasteiger partial charge in [-0.25, -0.2) is 9.97 Å². The lowest BCUT2D eigenvalue weighted by molar-refractivity contribution is -0.274. The lowest BCUT2D eigenvalue weighted by Gasteiger charge is -2.17. The Balaban J connectivity index is 2.34. The van der Waals surface area contributed by atoms with Crippen LogP contribution in [-0.2, 0) is 0 Å². The van der Waals surface area contributed by atoms with E-state index in [1.54, 1.807) is 25.4 Å². The first-order chi connectivity index (χ1) is 9.37. The van der Waals surface area contributed by atoms with E-state index in [2.05, 4.69) is 14.7 Å². The zero-order valence-electron chi connectivity index (χ0n) is 10.6. The minimum absolute atomic E-state index is 0.175. The molecule has 0 saturated heterocycles. The molecular formula is C13H12F3N3O. The van der Waals surface area contributed by atoms with Crippen molar-refractivity contribution >= 4 is 0 Å². The van der Waals surface area contributed by atoms with Gasteiger partial charge in [0, 0.05) is 18.0 Å². The highest BCUT2D eigenvalue weighted by molar-refractivity contribution is 5.38. The number of halogens is 3. The van der Waals surface area contributed by atoms with Crippen LogP contribution < -0.4 is 10.5 Å². The largest absolute Gasteiger partial charge is 0.573 e. The molecule has 7 heteroatoms. The second kappa shape index (κ2) is 5.46. The molecule has 0 saturated carbocycles. The normalized spacial score (nSPS) is 13.1. The summed E-state index contributed by atoms with van der Waals surface area (Å²) in [5.41, 5.74) is 6.92. The number of nitrogens with two attached hydrogens (primary N) is 1. The molecule has 1 aromatic heterocycles. The maximum Gasteiger partial charge on any atom is 0.573 e. The summed E-state index contributed by atoms with van der Waals surface area (Å²) in [6.45, 7) is 1.80. The highest BCUT2D eigenvalue weighted by Crippen LogP contribution is 2.30. The standard InChI is InChI=1S/C13H12F3N3O/c1-8-6-18-12(19-7-8)11(17)9-4-2-3-5-10(9)20-13(14,15)16/h2-7,11H,17H2,1H3. The van der Waals surface area contributed by atoms with Crippen molar-refractivity contribution in [2.24, 2.45) is 5.73 Å². The highest BCUT2D eigenvalue weighted by Gasteiger charge is 2.33. The average molecular weight is 283 g/mol. The average Bonchev–Trinajstić information content (AvgIpc) is 2.37. The van der Waals surface area contributed by atoms with Crippen LogP contribution in [0.1, 0.15) is 23.0 Å². The van der Waals surface area contributed by atoms with Gasteiger partial charge in [0.1, 0.15) is 11.6 Å². The summed E-state index contributed by atoms with van der Waals surface area (Å²) in [5.74, 6) is -0.120. The molecule has 1 heterocycles. The van der Waals surface area contributed by atoms with Crippen molar-refractivity contribution in [1.82, 2.24) is 9.97 Å². The van der Waals surface area contributed by atoms with E-state index in [0.717, 1.165) is 5.56 Å². The Morgan fingerprint density at radius 3 is 2.35 bits per heavy atom. The number of ether oxygens (including phenoxy) is 1. The van der Waals surface area contributed by atoms with Crippen LogP contribution >= 0.6 is 0 Å². The minimum Gasteiger partial charge on any atom is -0.405 e. The van der Waals surface area contributed by atoms with Crippen molar-refractivity contribution < 1.29 is 17.9 Å². The maximum atomic E-state index is 12.3. The molecular weight excluding hydrogens is 271 g/mol. The van der Waals surface area contributed by atoms with Crippen molar-refractivity contribution in [3.05, 3.63) is 53.6 Å². The Bertz CT molecular complexity index is 584. The molecule has 0 fully saturated rings. The summed E-state index contributed by atoms with van der Waals surface area (Å²) in [7, 11) is 0. The van der Waals surface area contributed by atoms with Crippen molar-refractivity contribution in [1.29, 1.82) is 0 Å². The van der Waals surface area contributed by atoms with Crippen LogP contribution in [0.15, 0.2) is 36.7 Å². The number of para-hydroxylation sites is 1. The zero-order valence-corrected chi connectivity index (χ0v) is 10.6. The lowest BCUT2D eigenvalue weighted by atomic mass is 10.1. The van der Waals surface area contributed by atoms with E-state index in [1.807, 2.05) is 0 Å². The molecule has 20 heavy (non-hydrogen) atoms. The summed E-state index contributed by atoms with van der Waals surface area (Å²) < 4.78 is 41.0. The van der Waals surface area contributed by atoms with Crippen LogP contribution in [0, 0.1) is 6.92 Å². The first kappa shape index (κ1) is 14.3. The molecule has 0 aliphatic heterocycles. The van der Waals surface area contributed by atoms with Crippen LogP contribution in [0.2, 0.25) is 0 Å². The molecule has 2 N–H and O–H groups in total. The summed E-state index contributed by atoms with van der Waals surface area (Å²) >= 11 is 0. The van der Waals surface area contributed by atoms with Gasteiger partial charge in [0.05, 0.1) is 6.04 Å². The van der Waals surface area contributed by atoms with Crippen LogP contribution in [0.3, 0.4) is 0 Å². The van der Waals surface area contributed by atoms with E-state index in [1.165, 1.54) is 18.2 Å². The molecule has 0 aliphatic carbocycles. The van der Waals surface area contributed by atoms with Gasteiger partial charge >= 0.3 is 6.36 Å². The van der Waals surface area contributed by atoms with Gasteiger partial charge in [0.25, 0.3) is 0 Å². The van der Waals surface area contributed by atoms with Crippen LogP contribution in [0.4, 0.5) is 13.2 Å². The lowest BCUT2D eigenvalue weighted by Crippen LogP contribution is -2.21. The summed E-state index contributed by atoms with van der Waals surface area (Å²) in [5, 5.41) is 0. The molecule has 0 amide bonds. The predicted octanol–water partition coefficient (Wildman–Crippen LogP) is 2.73. The van der Waals surface area contributed by atoms with E-state index in [4.69, 9.17) is 5.73 Å². The van der Waals surface area contributed by atoms with Gasteiger partial charge in [-0.15, -0.1) is 13.2 Å². The van der Waals surface area contributed by atoms with Crippen LogP contribution in [0.5, 0.6) is 5.75 Å². The first-order valence-corrected chi connectivity index (χ1v) is 5.75. The van der Waals surface area contributed by atoms with E-state index in [0.29, 0.717) is 0 Å². The van der Waals surface area contributed by atoms with Crippen LogP contribution in [-0.4, -0.2) is 16.3 Å². The monoisotopic (exact) mass is 283 g/mol. The third-order valence-electron chi connectivity index (χ3n) is 2.56. The fraction of sp³-hybridized carbons (Fsp3) is 0.231. The Labute approximate surface area is 113 Å². The van der Waals surface area contributed by atoms with Gasteiger partial charge in [-0.1, -0.05) is 18.2 Å². The summed E-state index contributed by atoms with van der Waals surface area (Å²) in [6.07, 6.45) is -1.67. The molecule has 1 aromatic carbocycles.